The summed E-state index contributed by atoms with van der Waals surface area (Å²) in [5.41, 5.74) is 0.892. The Bertz CT molecular complexity index is 741. The third-order valence-corrected chi connectivity index (χ3v) is 3.68. The predicted octanol–water partition coefficient (Wildman–Crippen LogP) is 4.86. The van der Waals surface area contributed by atoms with Gasteiger partial charge in [0.25, 0.3) is 5.89 Å². The van der Waals surface area contributed by atoms with Crippen molar-refractivity contribution in [3.05, 3.63) is 70.8 Å². The van der Waals surface area contributed by atoms with Crippen molar-refractivity contribution in [2.45, 2.75) is 5.38 Å². The molecule has 1 unspecified atom stereocenters. The van der Waals surface area contributed by atoms with E-state index in [2.05, 4.69) is 10.2 Å². The minimum atomic E-state index is -0.599. The molecule has 106 valence electrons. The topological polar surface area (TPSA) is 38.9 Å². The lowest BCUT2D eigenvalue weighted by Crippen LogP contribution is -1.92. The average Bonchev–Trinajstić information content (AvgIpc) is 2.97. The fourth-order valence-corrected chi connectivity index (χ4v) is 2.38. The van der Waals surface area contributed by atoms with Gasteiger partial charge in [-0.1, -0.05) is 48.0 Å². The highest BCUT2D eigenvalue weighted by Gasteiger charge is 2.21. The molecule has 0 aliphatic rings. The van der Waals surface area contributed by atoms with Gasteiger partial charge in [-0.25, -0.2) is 4.39 Å². The lowest BCUT2D eigenvalue weighted by atomic mass is 10.1. The molecule has 1 atom stereocenters. The molecule has 0 fully saturated rings. The second-order valence-corrected chi connectivity index (χ2v) is 5.16. The first-order valence-corrected chi connectivity index (χ1v) is 6.95. The smallest absolute Gasteiger partial charge is 0.252 e. The molecule has 3 aromatic rings. The van der Waals surface area contributed by atoms with Crippen LogP contribution in [-0.4, -0.2) is 10.2 Å². The SMILES string of the molecule is Fc1cccc(Cl)c1-c1nnc(C(Cl)c2ccccc2)o1. The molecular formula is C15H9Cl2FN2O. The molecule has 0 aliphatic heterocycles. The molecule has 0 bridgehead atoms. The first kappa shape index (κ1) is 14.0. The van der Waals surface area contributed by atoms with Gasteiger partial charge in [-0.3, -0.25) is 0 Å². The molecule has 2 aromatic carbocycles. The number of rotatable bonds is 3. The Balaban J connectivity index is 1.97. The molecule has 0 radical (unpaired) electrons. The van der Waals surface area contributed by atoms with Crippen LogP contribution in [0.25, 0.3) is 11.5 Å². The molecule has 0 aliphatic carbocycles. The third kappa shape index (κ3) is 2.77. The number of nitrogens with zero attached hydrogens (tertiary/aromatic N) is 2. The lowest BCUT2D eigenvalue weighted by Gasteiger charge is -2.04. The van der Waals surface area contributed by atoms with Crippen LogP contribution >= 0.6 is 23.2 Å². The van der Waals surface area contributed by atoms with Gasteiger partial charge >= 0.3 is 0 Å². The van der Waals surface area contributed by atoms with Crippen molar-refractivity contribution in [2.24, 2.45) is 0 Å². The van der Waals surface area contributed by atoms with Crippen LogP contribution in [0.1, 0.15) is 16.8 Å². The van der Waals surface area contributed by atoms with E-state index in [-0.39, 0.29) is 22.4 Å². The monoisotopic (exact) mass is 322 g/mol. The highest BCUT2D eigenvalue weighted by Crippen LogP contribution is 2.33. The van der Waals surface area contributed by atoms with Crippen LogP contribution in [0, 0.1) is 5.82 Å². The van der Waals surface area contributed by atoms with Crippen molar-refractivity contribution < 1.29 is 8.81 Å². The van der Waals surface area contributed by atoms with Gasteiger partial charge in [0.2, 0.25) is 5.89 Å². The van der Waals surface area contributed by atoms with Crippen molar-refractivity contribution >= 4 is 23.2 Å². The number of benzene rings is 2. The third-order valence-electron chi connectivity index (χ3n) is 2.93. The number of halogens is 3. The maximum absolute atomic E-state index is 13.8. The van der Waals surface area contributed by atoms with Crippen LogP contribution < -0.4 is 0 Å². The Hall–Kier alpha value is -1.91. The highest BCUT2D eigenvalue weighted by atomic mass is 35.5. The van der Waals surface area contributed by atoms with Crippen LogP contribution in [0.2, 0.25) is 5.02 Å². The zero-order valence-electron chi connectivity index (χ0n) is 10.6. The summed E-state index contributed by atoms with van der Waals surface area (Å²) in [6, 6.07) is 13.6. The van der Waals surface area contributed by atoms with Crippen LogP contribution in [0.5, 0.6) is 0 Å². The van der Waals surface area contributed by atoms with E-state index in [0.717, 1.165) is 5.56 Å². The van der Waals surface area contributed by atoms with E-state index in [0.29, 0.717) is 0 Å². The molecule has 0 spiro atoms. The summed E-state index contributed by atoms with van der Waals surface area (Å²) in [4.78, 5) is 0. The summed E-state index contributed by atoms with van der Waals surface area (Å²) >= 11 is 12.3. The number of hydrogen-bond donors (Lipinski definition) is 0. The molecule has 0 saturated heterocycles. The Kier molecular flexibility index (Phi) is 3.90. The molecule has 3 nitrogen and oxygen atoms in total. The van der Waals surface area contributed by atoms with E-state index in [4.69, 9.17) is 27.6 Å². The average molecular weight is 323 g/mol. The van der Waals surface area contributed by atoms with Crippen molar-refractivity contribution in [1.29, 1.82) is 0 Å². The summed E-state index contributed by atoms with van der Waals surface area (Å²) in [5.74, 6) is -0.324. The highest BCUT2D eigenvalue weighted by molar-refractivity contribution is 6.33. The molecule has 3 rings (SSSR count). The Morgan fingerprint density at radius 1 is 1.00 bits per heavy atom. The quantitative estimate of drug-likeness (QED) is 0.646. The van der Waals surface area contributed by atoms with Gasteiger partial charge in [-0.2, -0.15) is 0 Å². The van der Waals surface area contributed by atoms with Gasteiger partial charge in [0.15, 0.2) is 0 Å². The number of aromatic nitrogens is 2. The summed E-state index contributed by atoms with van der Waals surface area (Å²) in [7, 11) is 0. The standard InChI is InChI=1S/C15H9Cl2FN2O/c16-10-7-4-8-11(18)12(10)14-19-20-15(21-14)13(17)9-5-2-1-3-6-9/h1-8,13H. The summed E-state index contributed by atoms with van der Waals surface area (Å²) in [6.45, 7) is 0. The maximum atomic E-state index is 13.8. The molecule has 1 aromatic heterocycles. The Labute approximate surface area is 130 Å². The molecule has 0 N–H and O–H groups in total. The summed E-state index contributed by atoms with van der Waals surface area (Å²) < 4.78 is 19.3. The van der Waals surface area contributed by atoms with Gasteiger partial charge in [0.1, 0.15) is 11.2 Å². The minimum Gasteiger partial charge on any atom is -0.419 e. The van der Waals surface area contributed by atoms with Crippen molar-refractivity contribution in [2.75, 3.05) is 0 Å². The van der Waals surface area contributed by atoms with Gasteiger partial charge in [-0.15, -0.1) is 21.8 Å². The fraction of sp³-hybridized carbons (Fsp3) is 0.0667. The fourth-order valence-electron chi connectivity index (χ4n) is 1.90. The van der Waals surface area contributed by atoms with E-state index < -0.39 is 11.2 Å². The van der Waals surface area contributed by atoms with Crippen LogP contribution in [0.3, 0.4) is 0 Å². The second kappa shape index (κ2) is 5.84. The van der Waals surface area contributed by atoms with E-state index >= 15 is 0 Å². The first-order chi connectivity index (χ1) is 10.2. The van der Waals surface area contributed by atoms with E-state index in [1.807, 2.05) is 30.3 Å². The summed E-state index contributed by atoms with van der Waals surface area (Å²) in [6.07, 6.45) is 0. The van der Waals surface area contributed by atoms with Crippen LogP contribution in [-0.2, 0) is 0 Å². The van der Waals surface area contributed by atoms with Gasteiger partial charge < -0.3 is 4.42 Å². The zero-order chi connectivity index (χ0) is 14.8. The maximum Gasteiger partial charge on any atom is 0.252 e. The van der Waals surface area contributed by atoms with Crippen molar-refractivity contribution in [3.8, 4) is 11.5 Å². The van der Waals surface area contributed by atoms with Gasteiger partial charge in [-0.05, 0) is 17.7 Å². The van der Waals surface area contributed by atoms with Gasteiger partial charge in [0, 0.05) is 0 Å². The van der Waals surface area contributed by atoms with E-state index in [1.165, 1.54) is 12.1 Å². The minimum absolute atomic E-state index is 0.00896. The van der Waals surface area contributed by atoms with Gasteiger partial charge in [0.05, 0.1) is 10.6 Å². The Morgan fingerprint density at radius 2 is 1.76 bits per heavy atom. The summed E-state index contributed by atoms with van der Waals surface area (Å²) in [5, 5.41) is 7.31. The number of hydrogen-bond acceptors (Lipinski definition) is 3. The molecule has 1 heterocycles. The molecule has 21 heavy (non-hydrogen) atoms. The van der Waals surface area contributed by atoms with Crippen molar-refractivity contribution in [3.63, 3.8) is 0 Å². The Morgan fingerprint density at radius 3 is 2.48 bits per heavy atom. The lowest BCUT2D eigenvalue weighted by molar-refractivity contribution is 0.508. The van der Waals surface area contributed by atoms with Crippen LogP contribution in [0.15, 0.2) is 52.9 Å². The molecule has 0 amide bonds. The van der Waals surface area contributed by atoms with E-state index in [9.17, 15) is 4.39 Å². The second-order valence-electron chi connectivity index (χ2n) is 4.32. The predicted molar refractivity (Wildman–Crippen MR) is 78.8 cm³/mol. The van der Waals surface area contributed by atoms with Crippen LogP contribution in [0.4, 0.5) is 4.39 Å². The normalized spacial score (nSPS) is 12.3. The molecule has 0 saturated carbocycles. The number of alkyl halides is 1. The largest absolute Gasteiger partial charge is 0.419 e. The van der Waals surface area contributed by atoms with E-state index in [1.54, 1.807) is 6.07 Å². The molecule has 6 heteroatoms. The van der Waals surface area contributed by atoms with Crippen molar-refractivity contribution in [1.82, 2.24) is 10.2 Å². The molecular weight excluding hydrogens is 314 g/mol. The first-order valence-electron chi connectivity index (χ1n) is 6.13. The zero-order valence-corrected chi connectivity index (χ0v) is 12.1.